The highest BCUT2D eigenvalue weighted by molar-refractivity contribution is 9.10. The van der Waals surface area contributed by atoms with Gasteiger partial charge < -0.3 is 0 Å². The number of Topliss-reactive ketones (excluding diaryl/α,β-unsaturated/α-hetero) is 1. The molecule has 0 aromatic heterocycles. The molecule has 2 rings (SSSR count). The van der Waals surface area contributed by atoms with E-state index in [0.29, 0.717) is 5.02 Å². The van der Waals surface area contributed by atoms with Crippen LogP contribution in [0.25, 0.3) is 0 Å². The van der Waals surface area contributed by atoms with Crippen molar-refractivity contribution >= 4 is 33.3 Å². The third-order valence-corrected chi connectivity index (χ3v) is 3.48. The predicted octanol–water partition coefficient (Wildman–Crippen LogP) is 3.23. The monoisotopic (exact) mass is 283 g/mol. The number of halogens is 2. The number of nitrogens with zero attached hydrogens (tertiary/aromatic N) is 1. The summed E-state index contributed by atoms with van der Waals surface area (Å²) in [5.41, 5.74) is 0.0541. The molecule has 2 nitrogen and oxygen atoms in total. The van der Waals surface area contributed by atoms with Crippen LogP contribution in [0, 0.1) is 11.3 Å². The van der Waals surface area contributed by atoms with Gasteiger partial charge in [-0.1, -0.05) is 27.5 Å². The number of ketones is 1. The van der Waals surface area contributed by atoms with E-state index >= 15 is 0 Å². The topological polar surface area (TPSA) is 40.9 Å². The molecular weight excluding hydrogens is 277 g/mol. The molecule has 1 saturated carbocycles. The number of benzene rings is 1. The van der Waals surface area contributed by atoms with Crippen LogP contribution < -0.4 is 0 Å². The molecule has 4 heteroatoms. The smallest absolute Gasteiger partial charge is 0.136 e. The molecule has 0 atom stereocenters. The van der Waals surface area contributed by atoms with Gasteiger partial charge in [-0.25, -0.2) is 0 Å². The van der Waals surface area contributed by atoms with E-state index in [1.807, 2.05) is 12.1 Å². The molecule has 1 aliphatic rings. The number of nitriles is 1. The lowest BCUT2D eigenvalue weighted by Gasteiger charge is -2.34. The van der Waals surface area contributed by atoms with Gasteiger partial charge in [-0.3, -0.25) is 4.79 Å². The van der Waals surface area contributed by atoms with E-state index in [-0.39, 0.29) is 18.6 Å². The quantitative estimate of drug-likeness (QED) is 0.794. The maximum atomic E-state index is 11.0. The third kappa shape index (κ3) is 1.68. The predicted molar refractivity (Wildman–Crippen MR) is 60.7 cm³/mol. The highest BCUT2D eigenvalue weighted by Crippen LogP contribution is 2.44. The minimum absolute atomic E-state index is 0.118. The molecule has 1 fully saturated rings. The molecule has 0 bridgehead atoms. The Hall–Kier alpha value is -0.850. The molecule has 0 unspecified atom stereocenters. The second-order valence-electron chi connectivity index (χ2n) is 3.71. The van der Waals surface area contributed by atoms with E-state index in [9.17, 15) is 4.79 Å². The number of carbonyl (C=O) groups is 1. The molecule has 0 N–H and O–H groups in total. The Balaban J connectivity index is 2.49. The molecule has 0 radical (unpaired) electrons. The molecular formula is C11H7BrClNO. The summed E-state index contributed by atoms with van der Waals surface area (Å²) in [4.78, 5) is 11.0. The maximum Gasteiger partial charge on any atom is 0.136 e. The van der Waals surface area contributed by atoms with E-state index in [4.69, 9.17) is 16.9 Å². The fraction of sp³-hybridized carbons (Fsp3) is 0.273. The van der Waals surface area contributed by atoms with E-state index in [2.05, 4.69) is 22.0 Å². The van der Waals surface area contributed by atoms with E-state index in [0.717, 1.165) is 10.0 Å². The molecule has 0 heterocycles. The average molecular weight is 285 g/mol. The van der Waals surface area contributed by atoms with E-state index in [1.54, 1.807) is 6.07 Å². The molecule has 0 spiro atoms. The van der Waals surface area contributed by atoms with Crippen LogP contribution in [-0.2, 0) is 10.2 Å². The van der Waals surface area contributed by atoms with Crippen LogP contribution in [0.2, 0.25) is 5.02 Å². The molecule has 0 saturated heterocycles. The van der Waals surface area contributed by atoms with Gasteiger partial charge in [-0.2, -0.15) is 5.26 Å². The van der Waals surface area contributed by atoms with Crippen molar-refractivity contribution in [3.63, 3.8) is 0 Å². The molecule has 76 valence electrons. The number of hydrogen-bond donors (Lipinski definition) is 0. The van der Waals surface area contributed by atoms with Crippen molar-refractivity contribution in [1.82, 2.24) is 0 Å². The van der Waals surface area contributed by atoms with Gasteiger partial charge in [-0.15, -0.1) is 0 Å². The van der Waals surface area contributed by atoms with Gasteiger partial charge >= 0.3 is 0 Å². The first-order chi connectivity index (χ1) is 7.07. The fourth-order valence-electron chi connectivity index (χ4n) is 1.82. The lowest BCUT2D eigenvalue weighted by atomic mass is 9.65. The Morgan fingerprint density at radius 2 is 2.13 bits per heavy atom. The highest BCUT2D eigenvalue weighted by atomic mass is 79.9. The number of carbonyl (C=O) groups excluding carboxylic acids is 1. The Morgan fingerprint density at radius 3 is 2.67 bits per heavy atom. The third-order valence-electron chi connectivity index (χ3n) is 2.66. The summed E-state index contributed by atoms with van der Waals surface area (Å²) >= 11 is 9.37. The summed E-state index contributed by atoms with van der Waals surface area (Å²) in [5, 5.41) is 9.70. The summed E-state index contributed by atoms with van der Waals surface area (Å²) in [6.45, 7) is 0. The minimum atomic E-state index is -0.696. The van der Waals surface area contributed by atoms with Crippen LogP contribution in [0.15, 0.2) is 22.7 Å². The van der Waals surface area contributed by atoms with Crippen LogP contribution >= 0.6 is 27.5 Å². The van der Waals surface area contributed by atoms with Gasteiger partial charge in [-0.05, 0) is 23.8 Å². The molecule has 15 heavy (non-hydrogen) atoms. The van der Waals surface area contributed by atoms with Gasteiger partial charge in [0.15, 0.2) is 0 Å². The summed E-state index contributed by atoms with van der Waals surface area (Å²) in [6, 6.07) is 7.58. The van der Waals surface area contributed by atoms with Crippen molar-refractivity contribution in [3.8, 4) is 6.07 Å². The number of rotatable bonds is 1. The molecule has 1 aromatic rings. The number of hydrogen-bond acceptors (Lipinski definition) is 2. The van der Waals surface area contributed by atoms with Crippen molar-refractivity contribution in [2.75, 3.05) is 0 Å². The first-order valence-electron chi connectivity index (χ1n) is 4.46. The van der Waals surface area contributed by atoms with Gasteiger partial charge in [0.05, 0.1) is 11.5 Å². The zero-order valence-electron chi connectivity index (χ0n) is 7.76. The van der Waals surface area contributed by atoms with E-state index < -0.39 is 5.41 Å². The fourth-order valence-corrected chi connectivity index (χ4v) is 2.47. The normalized spacial score (nSPS) is 18.1. The van der Waals surface area contributed by atoms with Crippen LogP contribution in [0.1, 0.15) is 18.4 Å². The van der Waals surface area contributed by atoms with Gasteiger partial charge in [0.1, 0.15) is 5.78 Å². The lowest BCUT2D eigenvalue weighted by Crippen LogP contribution is -2.40. The Morgan fingerprint density at radius 1 is 1.47 bits per heavy atom. The SMILES string of the molecule is N#CC1(c2cc(Br)ccc2Cl)CC(=O)C1. The largest absolute Gasteiger partial charge is 0.300 e. The van der Waals surface area contributed by atoms with Crippen molar-refractivity contribution in [2.45, 2.75) is 18.3 Å². The van der Waals surface area contributed by atoms with Crippen molar-refractivity contribution in [2.24, 2.45) is 0 Å². The zero-order chi connectivity index (χ0) is 11.1. The van der Waals surface area contributed by atoms with Crippen molar-refractivity contribution in [1.29, 1.82) is 5.26 Å². The zero-order valence-corrected chi connectivity index (χ0v) is 10.1. The average Bonchev–Trinajstić information content (AvgIpc) is 2.17. The van der Waals surface area contributed by atoms with Crippen LogP contribution in [0.5, 0.6) is 0 Å². The Kier molecular flexibility index (Phi) is 2.57. The van der Waals surface area contributed by atoms with E-state index in [1.165, 1.54) is 0 Å². The van der Waals surface area contributed by atoms with Crippen LogP contribution in [-0.4, -0.2) is 5.78 Å². The van der Waals surface area contributed by atoms with Gasteiger partial charge in [0.2, 0.25) is 0 Å². The Bertz CT molecular complexity index is 470. The Labute approximate surface area is 101 Å². The lowest BCUT2D eigenvalue weighted by molar-refractivity contribution is -0.126. The second-order valence-corrected chi connectivity index (χ2v) is 5.03. The summed E-state index contributed by atoms with van der Waals surface area (Å²) < 4.78 is 0.871. The molecule has 1 aromatic carbocycles. The minimum Gasteiger partial charge on any atom is -0.300 e. The second kappa shape index (κ2) is 3.62. The summed E-state index contributed by atoms with van der Waals surface area (Å²) in [5.74, 6) is 0.118. The molecule has 0 amide bonds. The standard InChI is InChI=1S/C11H7BrClNO/c12-7-1-2-10(13)9(3-7)11(6-14)4-8(15)5-11/h1-3H,4-5H2. The first-order valence-corrected chi connectivity index (χ1v) is 5.63. The first kappa shape index (κ1) is 10.7. The maximum absolute atomic E-state index is 11.0. The molecule has 1 aliphatic carbocycles. The highest BCUT2D eigenvalue weighted by Gasteiger charge is 2.46. The van der Waals surface area contributed by atoms with Crippen LogP contribution in [0.4, 0.5) is 0 Å². The van der Waals surface area contributed by atoms with Gasteiger partial charge in [0.25, 0.3) is 0 Å². The van der Waals surface area contributed by atoms with Crippen molar-refractivity contribution < 1.29 is 4.79 Å². The van der Waals surface area contributed by atoms with Gasteiger partial charge in [0, 0.05) is 22.3 Å². The van der Waals surface area contributed by atoms with Crippen molar-refractivity contribution in [3.05, 3.63) is 33.3 Å². The van der Waals surface area contributed by atoms with Crippen LogP contribution in [0.3, 0.4) is 0 Å². The summed E-state index contributed by atoms with van der Waals surface area (Å²) in [6.07, 6.45) is 0.555. The summed E-state index contributed by atoms with van der Waals surface area (Å²) in [7, 11) is 0. The molecule has 0 aliphatic heterocycles.